The molecule has 0 spiro atoms. The van der Waals surface area contributed by atoms with E-state index in [9.17, 15) is 0 Å². The highest BCUT2D eigenvalue weighted by Crippen LogP contribution is 2.23. The van der Waals surface area contributed by atoms with Crippen LogP contribution in [0, 0.1) is 5.92 Å². The maximum absolute atomic E-state index is 5.97. The Morgan fingerprint density at radius 1 is 1.37 bits per heavy atom. The molecule has 1 fully saturated rings. The number of rotatable bonds is 3. The van der Waals surface area contributed by atoms with Crippen molar-refractivity contribution < 1.29 is 0 Å². The predicted octanol–water partition coefficient (Wildman–Crippen LogP) is 2.65. The summed E-state index contributed by atoms with van der Waals surface area (Å²) < 4.78 is 0. The van der Waals surface area contributed by atoms with Crippen molar-refractivity contribution in [3.63, 3.8) is 0 Å². The van der Waals surface area contributed by atoms with Crippen LogP contribution in [0.1, 0.15) is 6.42 Å². The normalized spacial score (nSPS) is 20.0. The molecule has 0 aliphatic carbocycles. The van der Waals surface area contributed by atoms with Crippen molar-refractivity contribution in [2.45, 2.75) is 6.42 Å². The van der Waals surface area contributed by atoms with Crippen molar-refractivity contribution in [2.75, 3.05) is 32.0 Å². The highest BCUT2D eigenvalue weighted by Gasteiger charge is 2.19. The molecule has 2 heterocycles. The van der Waals surface area contributed by atoms with Gasteiger partial charge in [0.1, 0.15) is 5.82 Å². The summed E-state index contributed by atoms with van der Waals surface area (Å²) in [6.07, 6.45) is 1.24. The summed E-state index contributed by atoms with van der Waals surface area (Å²) in [6.45, 7) is 3.25. The van der Waals surface area contributed by atoms with Crippen LogP contribution in [-0.2, 0) is 0 Å². The number of hydrogen-bond donors (Lipinski definition) is 1. The molecule has 100 valence electrons. The third-order valence-corrected chi connectivity index (χ3v) is 3.79. The molecule has 4 nitrogen and oxygen atoms in total. The van der Waals surface area contributed by atoms with Gasteiger partial charge < -0.3 is 10.2 Å². The zero-order chi connectivity index (χ0) is 13.2. The van der Waals surface area contributed by atoms with E-state index in [2.05, 4.69) is 27.2 Å². The van der Waals surface area contributed by atoms with Crippen LogP contribution < -0.4 is 5.32 Å². The minimum absolute atomic E-state index is 0.296. The fourth-order valence-electron chi connectivity index (χ4n) is 2.62. The topological polar surface area (TPSA) is 41.0 Å². The van der Waals surface area contributed by atoms with Crippen LogP contribution in [0.2, 0.25) is 5.28 Å². The number of nitrogens with zero attached hydrogens (tertiary/aromatic N) is 3. The number of benzene rings is 1. The largest absolute Gasteiger partial charge is 0.369 e. The zero-order valence-corrected chi connectivity index (χ0v) is 11.7. The maximum atomic E-state index is 5.97. The minimum atomic E-state index is 0.296. The number of likely N-dealkylation sites (tertiary alicyclic amines) is 1. The van der Waals surface area contributed by atoms with Gasteiger partial charge in [-0.2, -0.15) is 0 Å². The van der Waals surface area contributed by atoms with Crippen LogP contribution in [0.15, 0.2) is 24.3 Å². The van der Waals surface area contributed by atoms with E-state index in [1.165, 1.54) is 13.0 Å². The maximum Gasteiger partial charge on any atom is 0.224 e. The Labute approximate surface area is 117 Å². The van der Waals surface area contributed by atoms with Gasteiger partial charge in [-0.05, 0) is 49.7 Å². The van der Waals surface area contributed by atoms with E-state index in [4.69, 9.17) is 11.6 Å². The number of para-hydroxylation sites is 1. The number of fused-ring (bicyclic) bond motifs is 1. The van der Waals surface area contributed by atoms with Crippen molar-refractivity contribution in [1.82, 2.24) is 14.9 Å². The molecule has 0 radical (unpaired) electrons. The molecule has 5 heteroatoms. The quantitative estimate of drug-likeness (QED) is 0.875. The van der Waals surface area contributed by atoms with Gasteiger partial charge >= 0.3 is 0 Å². The first kappa shape index (κ1) is 12.6. The summed E-state index contributed by atoms with van der Waals surface area (Å²) in [5, 5.41) is 4.75. The summed E-state index contributed by atoms with van der Waals surface area (Å²) in [7, 11) is 2.16. The van der Waals surface area contributed by atoms with Gasteiger partial charge in [-0.25, -0.2) is 9.97 Å². The molecule has 0 amide bonds. The number of anilines is 1. The molecule has 3 rings (SSSR count). The third-order valence-electron chi connectivity index (χ3n) is 3.62. The van der Waals surface area contributed by atoms with Crippen LogP contribution in [-0.4, -0.2) is 41.5 Å². The molecule has 0 saturated carbocycles. The highest BCUT2D eigenvalue weighted by molar-refractivity contribution is 6.28. The second-order valence-electron chi connectivity index (χ2n) is 5.16. The minimum Gasteiger partial charge on any atom is -0.369 e. The number of aromatic nitrogens is 2. The molecule has 1 unspecified atom stereocenters. The van der Waals surface area contributed by atoms with Gasteiger partial charge in [-0.15, -0.1) is 0 Å². The fraction of sp³-hybridized carbons (Fsp3) is 0.429. The Hall–Kier alpha value is -1.39. The highest BCUT2D eigenvalue weighted by atomic mass is 35.5. The summed E-state index contributed by atoms with van der Waals surface area (Å²) in [5.41, 5.74) is 0.883. The predicted molar refractivity (Wildman–Crippen MR) is 78.6 cm³/mol. The van der Waals surface area contributed by atoms with Crippen molar-refractivity contribution in [3.8, 4) is 0 Å². The van der Waals surface area contributed by atoms with Crippen molar-refractivity contribution in [3.05, 3.63) is 29.5 Å². The average Bonchev–Trinajstić information content (AvgIpc) is 2.81. The number of halogens is 1. The van der Waals surface area contributed by atoms with Crippen LogP contribution in [0.3, 0.4) is 0 Å². The molecular weight excluding hydrogens is 260 g/mol. The van der Waals surface area contributed by atoms with Gasteiger partial charge in [0, 0.05) is 18.5 Å². The Morgan fingerprint density at radius 2 is 2.21 bits per heavy atom. The Morgan fingerprint density at radius 3 is 3.00 bits per heavy atom. The third kappa shape index (κ3) is 2.80. The first-order valence-electron chi connectivity index (χ1n) is 6.57. The summed E-state index contributed by atoms with van der Waals surface area (Å²) in [4.78, 5) is 10.9. The van der Waals surface area contributed by atoms with Crippen LogP contribution in [0.5, 0.6) is 0 Å². The Balaban J connectivity index is 1.80. The van der Waals surface area contributed by atoms with Gasteiger partial charge in [-0.1, -0.05) is 12.1 Å². The lowest BCUT2D eigenvalue weighted by atomic mass is 10.1. The number of nitrogens with one attached hydrogen (secondary N) is 1. The fourth-order valence-corrected chi connectivity index (χ4v) is 2.79. The molecule has 1 aromatic heterocycles. The molecule has 1 aliphatic rings. The smallest absolute Gasteiger partial charge is 0.224 e. The van der Waals surface area contributed by atoms with Gasteiger partial charge in [0.2, 0.25) is 5.28 Å². The molecule has 1 N–H and O–H groups in total. The summed E-state index contributed by atoms with van der Waals surface area (Å²) >= 11 is 5.97. The number of hydrogen-bond acceptors (Lipinski definition) is 4. The Bertz CT molecular complexity index is 587. The van der Waals surface area contributed by atoms with Gasteiger partial charge in [0.05, 0.1) is 5.52 Å². The van der Waals surface area contributed by atoms with E-state index in [-0.39, 0.29) is 0 Å². The zero-order valence-electron chi connectivity index (χ0n) is 10.9. The first-order chi connectivity index (χ1) is 9.22. The molecule has 1 aliphatic heterocycles. The monoisotopic (exact) mass is 276 g/mol. The SMILES string of the molecule is CN1CCC(CNc2nc(Cl)nc3ccccc23)C1. The van der Waals surface area contributed by atoms with Gasteiger partial charge in [0.15, 0.2) is 0 Å². The first-order valence-corrected chi connectivity index (χ1v) is 6.95. The van der Waals surface area contributed by atoms with E-state index in [0.29, 0.717) is 11.2 Å². The van der Waals surface area contributed by atoms with Gasteiger partial charge in [-0.3, -0.25) is 0 Å². The second-order valence-corrected chi connectivity index (χ2v) is 5.49. The van der Waals surface area contributed by atoms with E-state index >= 15 is 0 Å². The molecule has 1 saturated heterocycles. The molecule has 1 atom stereocenters. The molecule has 1 aromatic carbocycles. The second kappa shape index (κ2) is 5.31. The summed E-state index contributed by atoms with van der Waals surface area (Å²) in [5.74, 6) is 1.52. The summed E-state index contributed by atoms with van der Waals surface area (Å²) in [6, 6.07) is 7.93. The molecular formula is C14H17ClN4. The Kier molecular flexibility index (Phi) is 3.53. The molecule has 19 heavy (non-hydrogen) atoms. The van der Waals surface area contributed by atoms with Crippen molar-refractivity contribution >= 4 is 28.3 Å². The standard InChI is InChI=1S/C14H17ClN4/c1-19-7-6-10(9-19)8-16-13-11-4-2-3-5-12(11)17-14(15)18-13/h2-5,10H,6-9H2,1H3,(H,16,17,18). The average molecular weight is 277 g/mol. The van der Waals surface area contributed by atoms with Crippen LogP contribution in [0.4, 0.5) is 5.82 Å². The van der Waals surface area contributed by atoms with E-state index in [1.807, 2.05) is 24.3 Å². The van der Waals surface area contributed by atoms with E-state index < -0.39 is 0 Å². The van der Waals surface area contributed by atoms with Crippen LogP contribution in [0.25, 0.3) is 10.9 Å². The lowest BCUT2D eigenvalue weighted by molar-refractivity contribution is 0.399. The molecule has 2 aromatic rings. The van der Waals surface area contributed by atoms with E-state index in [0.717, 1.165) is 29.8 Å². The lowest BCUT2D eigenvalue weighted by Gasteiger charge is -2.13. The lowest BCUT2D eigenvalue weighted by Crippen LogP contribution is -2.19. The molecule has 0 bridgehead atoms. The van der Waals surface area contributed by atoms with Gasteiger partial charge in [0.25, 0.3) is 0 Å². The van der Waals surface area contributed by atoms with Crippen molar-refractivity contribution in [2.24, 2.45) is 5.92 Å². The van der Waals surface area contributed by atoms with Crippen LogP contribution >= 0.6 is 11.6 Å². The van der Waals surface area contributed by atoms with E-state index in [1.54, 1.807) is 0 Å². The van der Waals surface area contributed by atoms with Crippen molar-refractivity contribution in [1.29, 1.82) is 0 Å².